The molecule has 3 rings (SSSR count). The highest BCUT2D eigenvalue weighted by Crippen LogP contribution is 2.41. The maximum Gasteiger partial charge on any atom is 0.213 e. The fourth-order valence-electron chi connectivity index (χ4n) is 4.95. The summed E-state index contributed by atoms with van der Waals surface area (Å²) in [4.78, 5) is 0. The summed E-state index contributed by atoms with van der Waals surface area (Å²) in [5, 5.41) is 0. The van der Waals surface area contributed by atoms with Gasteiger partial charge in [-0.1, -0.05) is 58.7 Å². The van der Waals surface area contributed by atoms with Crippen molar-refractivity contribution in [3.8, 4) is 23.1 Å². The first-order valence-corrected chi connectivity index (χ1v) is 12.2. The zero-order chi connectivity index (χ0) is 23.5. The third kappa shape index (κ3) is 4.75. The Hall–Kier alpha value is -2.59. The van der Waals surface area contributed by atoms with Crippen molar-refractivity contribution in [2.24, 2.45) is 5.92 Å². The monoisotopic (exact) mass is 426 g/mol. The Balaban J connectivity index is 2.25. The zero-order valence-electron chi connectivity index (χ0n) is 21.3. The van der Waals surface area contributed by atoms with Crippen molar-refractivity contribution >= 4 is 5.57 Å². The average molecular weight is 427 g/mol. The van der Waals surface area contributed by atoms with E-state index in [1.54, 1.807) is 0 Å². The smallest absolute Gasteiger partial charge is 0.197 e. The van der Waals surface area contributed by atoms with Crippen molar-refractivity contribution in [3.05, 3.63) is 70.9 Å². The summed E-state index contributed by atoms with van der Waals surface area (Å²) in [6.45, 7) is 19.0. The first kappa shape index (κ1) is 24.1. The molecule has 2 heterocycles. The van der Waals surface area contributed by atoms with Crippen LogP contribution in [-0.2, 0) is 18.4 Å². The van der Waals surface area contributed by atoms with Gasteiger partial charge in [-0.05, 0) is 85.9 Å². The highest BCUT2D eigenvalue weighted by atomic mass is 15.0. The molecule has 1 aromatic heterocycles. The van der Waals surface area contributed by atoms with Crippen LogP contribution < -0.4 is 4.57 Å². The van der Waals surface area contributed by atoms with Gasteiger partial charge in [-0.3, -0.25) is 0 Å². The molecule has 1 aliphatic rings. The molecule has 168 valence electrons. The molecule has 32 heavy (non-hydrogen) atoms. The van der Waals surface area contributed by atoms with Crippen LogP contribution in [0.3, 0.4) is 0 Å². The summed E-state index contributed by atoms with van der Waals surface area (Å²) < 4.78 is 2.53. The van der Waals surface area contributed by atoms with Crippen LogP contribution in [0.25, 0.3) is 16.8 Å². The minimum Gasteiger partial charge on any atom is -0.197 e. The number of hydrogen-bond donors (Lipinski definition) is 0. The molecule has 0 radical (unpaired) electrons. The van der Waals surface area contributed by atoms with E-state index in [0.717, 1.165) is 19.4 Å². The summed E-state index contributed by atoms with van der Waals surface area (Å²) in [5.74, 6) is 7.17. The Morgan fingerprint density at radius 3 is 2.53 bits per heavy atom. The number of rotatable bonds is 6. The highest BCUT2D eigenvalue weighted by molar-refractivity contribution is 5.79. The van der Waals surface area contributed by atoms with Crippen molar-refractivity contribution in [2.45, 2.75) is 86.1 Å². The minimum atomic E-state index is 0.138. The lowest BCUT2D eigenvalue weighted by Crippen LogP contribution is -2.50. The molecule has 2 aromatic rings. The van der Waals surface area contributed by atoms with E-state index in [1.165, 1.54) is 39.1 Å². The van der Waals surface area contributed by atoms with Crippen LogP contribution in [0.2, 0.25) is 0 Å². The molecule has 0 spiro atoms. The molecule has 1 nitrogen and oxygen atoms in total. The number of allylic oxidation sites excluding steroid dienone is 4. The molecular formula is C31H40N+. The van der Waals surface area contributed by atoms with Crippen LogP contribution >= 0.6 is 0 Å². The van der Waals surface area contributed by atoms with Crippen LogP contribution in [0, 0.1) is 17.8 Å². The van der Waals surface area contributed by atoms with Crippen molar-refractivity contribution in [1.29, 1.82) is 0 Å². The normalized spacial score (nSPS) is 18.0. The van der Waals surface area contributed by atoms with Gasteiger partial charge in [0.1, 0.15) is 0 Å². The molecule has 1 aromatic carbocycles. The summed E-state index contributed by atoms with van der Waals surface area (Å²) in [6, 6.07) is 9.56. The molecule has 1 unspecified atom stereocenters. The summed E-state index contributed by atoms with van der Waals surface area (Å²) in [6.07, 6.45) is 11.0. The number of fused-ring (bicyclic) bond motifs is 3. The van der Waals surface area contributed by atoms with E-state index in [1.807, 2.05) is 13.0 Å². The number of hydrogen-bond acceptors (Lipinski definition) is 0. The van der Waals surface area contributed by atoms with Crippen LogP contribution in [-0.4, -0.2) is 0 Å². The Labute approximate surface area is 196 Å². The van der Waals surface area contributed by atoms with Gasteiger partial charge < -0.3 is 0 Å². The molecule has 0 fully saturated rings. The van der Waals surface area contributed by atoms with E-state index in [0.29, 0.717) is 11.8 Å². The van der Waals surface area contributed by atoms with E-state index in [2.05, 4.69) is 107 Å². The van der Waals surface area contributed by atoms with Gasteiger partial charge in [-0.15, -0.1) is 5.92 Å². The summed E-state index contributed by atoms with van der Waals surface area (Å²) in [7, 11) is 0. The lowest BCUT2D eigenvalue weighted by Gasteiger charge is -2.33. The van der Waals surface area contributed by atoms with Gasteiger partial charge >= 0.3 is 0 Å². The Morgan fingerprint density at radius 1 is 1.19 bits per heavy atom. The van der Waals surface area contributed by atoms with E-state index in [-0.39, 0.29) is 5.41 Å². The van der Waals surface area contributed by atoms with Crippen molar-refractivity contribution in [1.82, 2.24) is 0 Å². The molecule has 0 saturated heterocycles. The van der Waals surface area contributed by atoms with E-state index in [9.17, 15) is 0 Å². The maximum absolute atomic E-state index is 3.05. The van der Waals surface area contributed by atoms with Gasteiger partial charge in [0.15, 0.2) is 12.7 Å². The third-order valence-electron chi connectivity index (χ3n) is 6.92. The Bertz CT molecular complexity index is 1100. The average Bonchev–Trinajstić information content (AvgIpc) is 2.76. The topological polar surface area (TPSA) is 3.88 Å². The maximum atomic E-state index is 3.05. The largest absolute Gasteiger partial charge is 0.213 e. The van der Waals surface area contributed by atoms with Crippen LogP contribution in [0.4, 0.5) is 0 Å². The van der Waals surface area contributed by atoms with Gasteiger partial charge in [-0.2, -0.15) is 4.57 Å². The molecule has 0 N–H and O–H groups in total. The Morgan fingerprint density at radius 2 is 1.94 bits per heavy atom. The van der Waals surface area contributed by atoms with Gasteiger partial charge in [0.05, 0.1) is 11.0 Å². The van der Waals surface area contributed by atoms with Crippen molar-refractivity contribution in [2.75, 3.05) is 0 Å². The SMILES string of the molecule is CC#C/C=C\C(=C/C)c1ccc2c(c1)-c1cc(CC(C)C)c(C(C)C)c[n+]1CC2(C)CC. The fourth-order valence-corrected chi connectivity index (χ4v) is 4.95. The van der Waals surface area contributed by atoms with Gasteiger partial charge in [-0.25, -0.2) is 0 Å². The summed E-state index contributed by atoms with van der Waals surface area (Å²) in [5.41, 5.74) is 9.83. The number of pyridine rings is 1. The van der Waals surface area contributed by atoms with Crippen LogP contribution in [0.15, 0.2) is 48.7 Å². The van der Waals surface area contributed by atoms with Crippen LogP contribution in [0.5, 0.6) is 0 Å². The van der Waals surface area contributed by atoms with E-state index >= 15 is 0 Å². The molecular weight excluding hydrogens is 386 g/mol. The molecule has 0 saturated carbocycles. The standard InChI is InChI=1S/C31H40N/c1-9-12-13-14-24(10-2)25-15-16-29-27(18-25)30-19-26(17-22(4)5)28(23(6)7)20-32(30)21-31(29,8)11-3/h10,13-16,18-20,22-23H,11,17,21H2,1-8H3/q+1/b14-13-,24-10+. The molecule has 1 heteroatoms. The number of aromatic nitrogens is 1. The lowest BCUT2D eigenvalue weighted by molar-refractivity contribution is -0.697. The molecule has 1 atom stereocenters. The fraction of sp³-hybridized carbons (Fsp3) is 0.452. The second-order valence-corrected chi connectivity index (χ2v) is 10.2. The van der Waals surface area contributed by atoms with E-state index < -0.39 is 0 Å². The lowest BCUT2D eigenvalue weighted by atomic mass is 9.73. The quantitative estimate of drug-likeness (QED) is 0.254. The second-order valence-electron chi connectivity index (χ2n) is 10.2. The number of nitrogens with zero attached hydrogens (tertiary/aromatic N) is 1. The highest BCUT2D eigenvalue weighted by Gasteiger charge is 2.39. The van der Waals surface area contributed by atoms with Gasteiger partial charge in [0.25, 0.3) is 0 Å². The third-order valence-corrected chi connectivity index (χ3v) is 6.92. The second kappa shape index (κ2) is 9.91. The first-order chi connectivity index (χ1) is 15.2. The van der Waals surface area contributed by atoms with Crippen LogP contribution in [0.1, 0.15) is 90.0 Å². The summed E-state index contributed by atoms with van der Waals surface area (Å²) >= 11 is 0. The van der Waals surface area contributed by atoms with E-state index in [4.69, 9.17) is 0 Å². The minimum absolute atomic E-state index is 0.138. The number of benzene rings is 1. The van der Waals surface area contributed by atoms with Crippen molar-refractivity contribution in [3.63, 3.8) is 0 Å². The van der Waals surface area contributed by atoms with Gasteiger partial charge in [0, 0.05) is 11.6 Å². The zero-order valence-corrected chi connectivity index (χ0v) is 21.3. The predicted octanol–water partition coefficient (Wildman–Crippen LogP) is 7.63. The molecule has 1 aliphatic heterocycles. The first-order valence-electron chi connectivity index (χ1n) is 12.2. The Kier molecular flexibility index (Phi) is 7.45. The molecule has 0 bridgehead atoms. The molecule has 0 aliphatic carbocycles. The predicted molar refractivity (Wildman–Crippen MR) is 139 cm³/mol. The van der Waals surface area contributed by atoms with Crippen molar-refractivity contribution < 1.29 is 4.57 Å². The van der Waals surface area contributed by atoms with Gasteiger partial charge in [0.2, 0.25) is 5.69 Å². The molecule has 0 amide bonds.